The van der Waals surface area contributed by atoms with Gasteiger partial charge >= 0.3 is 5.97 Å². The molecule has 0 aromatic carbocycles. The molecule has 1 saturated heterocycles. The van der Waals surface area contributed by atoms with Crippen molar-refractivity contribution in [3.8, 4) is 0 Å². The number of piperidine rings is 1. The van der Waals surface area contributed by atoms with Gasteiger partial charge in [-0.3, -0.25) is 9.59 Å². The smallest absolute Gasteiger partial charge is 0.310 e. The van der Waals surface area contributed by atoms with Crippen LogP contribution in [0.2, 0.25) is 0 Å². The van der Waals surface area contributed by atoms with Crippen molar-refractivity contribution < 1.29 is 18.8 Å². The molecule has 1 amide bonds. The molecule has 6 heteroatoms. The molecule has 0 unspecified atom stereocenters. The zero-order valence-electron chi connectivity index (χ0n) is 11.2. The van der Waals surface area contributed by atoms with Crippen LogP contribution in [0.5, 0.6) is 0 Å². The van der Waals surface area contributed by atoms with E-state index in [1.165, 1.54) is 6.20 Å². The topological polar surface area (TPSA) is 72.6 Å². The van der Waals surface area contributed by atoms with Crippen LogP contribution in [0.3, 0.4) is 0 Å². The van der Waals surface area contributed by atoms with Crippen molar-refractivity contribution in [2.45, 2.75) is 26.7 Å². The summed E-state index contributed by atoms with van der Waals surface area (Å²) in [7, 11) is 0. The standard InChI is InChI=1S/C13H18N2O4/c1-3-18-13(17)10-5-4-6-15(8-10)12(16)11-9(2)7-14-19-11/h7,10H,3-6,8H2,1-2H3/t10-/m1/s1. The van der Waals surface area contributed by atoms with Crippen molar-refractivity contribution in [1.82, 2.24) is 10.1 Å². The minimum Gasteiger partial charge on any atom is -0.466 e. The number of aryl methyl sites for hydroxylation is 1. The average molecular weight is 266 g/mol. The van der Waals surface area contributed by atoms with Gasteiger partial charge in [0.2, 0.25) is 5.76 Å². The quantitative estimate of drug-likeness (QED) is 0.773. The number of carbonyl (C=O) groups is 2. The number of ether oxygens (including phenoxy) is 1. The summed E-state index contributed by atoms with van der Waals surface area (Å²) in [6, 6.07) is 0. The lowest BCUT2D eigenvalue weighted by molar-refractivity contribution is -0.149. The predicted molar refractivity (Wildman–Crippen MR) is 66.5 cm³/mol. The molecule has 0 saturated carbocycles. The molecular formula is C13H18N2O4. The molecule has 0 spiro atoms. The van der Waals surface area contributed by atoms with Crippen molar-refractivity contribution >= 4 is 11.9 Å². The molecule has 0 radical (unpaired) electrons. The predicted octanol–water partition coefficient (Wildman–Crippen LogP) is 1.40. The molecule has 2 heterocycles. The molecular weight excluding hydrogens is 248 g/mol. The molecule has 2 rings (SSSR count). The highest BCUT2D eigenvalue weighted by atomic mass is 16.5. The summed E-state index contributed by atoms with van der Waals surface area (Å²) in [4.78, 5) is 25.6. The Morgan fingerprint density at radius 2 is 2.37 bits per heavy atom. The third-order valence-electron chi connectivity index (χ3n) is 3.27. The van der Waals surface area contributed by atoms with Crippen LogP contribution in [-0.4, -0.2) is 41.6 Å². The SMILES string of the molecule is CCOC(=O)[C@@H]1CCCN(C(=O)c2oncc2C)C1. The third kappa shape index (κ3) is 2.94. The number of carbonyl (C=O) groups excluding carboxylic acids is 2. The summed E-state index contributed by atoms with van der Waals surface area (Å²) < 4.78 is 9.98. The zero-order valence-corrected chi connectivity index (χ0v) is 11.2. The lowest BCUT2D eigenvalue weighted by Crippen LogP contribution is -2.42. The fraction of sp³-hybridized carbons (Fsp3) is 0.615. The van der Waals surface area contributed by atoms with E-state index in [1.54, 1.807) is 18.7 Å². The molecule has 19 heavy (non-hydrogen) atoms. The number of likely N-dealkylation sites (tertiary alicyclic amines) is 1. The van der Waals surface area contributed by atoms with Gasteiger partial charge < -0.3 is 14.2 Å². The average Bonchev–Trinajstić information content (AvgIpc) is 2.84. The van der Waals surface area contributed by atoms with Crippen LogP contribution in [-0.2, 0) is 9.53 Å². The Balaban J connectivity index is 2.03. The van der Waals surface area contributed by atoms with Crippen LogP contribution < -0.4 is 0 Å². The maximum atomic E-state index is 12.2. The molecule has 1 atom stereocenters. The van der Waals surface area contributed by atoms with Crippen molar-refractivity contribution in [1.29, 1.82) is 0 Å². The van der Waals surface area contributed by atoms with E-state index in [0.717, 1.165) is 12.8 Å². The minimum absolute atomic E-state index is 0.205. The lowest BCUT2D eigenvalue weighted by atomic mass is 9.98. The molecule has 1 aromatic rings. The van der Waals surface area contributed by atoms with Gasteiger partial charge in [-0.25, -0.2) is 0 Å². The summed E-state index contributed by atoms with van der Waals surface area (Å²) in [5.74, 6) is -0.413. The highest BCUT2D eigenvalue weighted by Gasteiger charge is 2.31. The van der Waals surface area contributed by atoms with Crippen LogP contribution >= 0.6 is 0 Å². The Kier molecular flexibility index (Phi) is 4.19. The molecule has 1 aliphatic rings. The van der Waals surface area contributed by atoms with Gasteiger partial charge in [0.25, 0.3) is 5.91 Å². The van der Waals surface area contributed by atoms with E-state index in [2.05, 4.69) is 5.16 Å². The first-order valence-electron chi connectivity index (χ1n) is 6.50. The first-order chi connectivity index (χ1) is 9.13. The first-order valence-corrected chi connectivity index (χ1v) is 6.50. The maximum Gasteiger partial charge on any atom is 0.310 e. The normalized spacial score (nSPS) is 19.3. The largest absolute Gasteiger partial charge is 0.466 e. The van der Waals surface area contributed by atoms with E-state index in [-0.39, 0.29) is 23.6 Å². The summed E-state index contributed by atoms with van der Waals surface area (Å²) in [5, 5.41) is 3.61. The van der Waals surface area contributed by atoms with Gasteiger partial charge in [0.1, 0.15) is 0 Å². The van der Waals surface area contributed by atoms with E-state index >= 15 is 0 Å². The Morgan fingerprint density at radius 1 is 1.58 bits per heavy atom. The Hall–Kier alpha value is -1.85. The molecule has 1 fully saturated rings. The van der Waals surface area contributed by atoms with E-state index in [9.17, 15) is 9.59 Å². The van der Waals surface area contributed by atoms with Crippen LogP contribution in [0.25, 0.3) is 0 Å². The molecule has 0 N–H and O–H groups in total. The molecule has 104 valence electrons. The van der Waals surface area contributed by atoms with Gasteiger partial charge in [0.05, 0.1) is 18.7 Å². The first kappa shape index (κ1) is 13.6. The Morgan fingerprint density at radius 3 is 3.00 bits per heavy atom. The Bertz CT molecular complexity index is 469. The summed E-state index contributed by atoms with van der Waals surface area (Å²) in [5.41, 5.74) is 0.711. The third-order valence-corrected chi connectivity index (χ3v) is 3.27. The van der Waals surface area contributed by atoms with E-state index in [4.69, 9.17) is 9.26 Å². The second-order valence-corrected chi connectivity index (χ2v) is 4.68. The van der Waals surface area contributed by atoms with Crippen molar-refractivity contribution in [2.24, 2.45) is 5.92 Å². The van der Waals surface area contributed by atoms with Crippen molar-refractivity contribution in [3.63, 3.8) is 0 Å². The molecule has 6 nitrogen and oxygen atoms in total. The minimum atomic E-state index is -0.235. The van der Waals surface area contributed by atoms with Gasteiger partial charge in [0, 0.05) is 18.7 Å². The fourth-order valence-corrected chi connectivity index (χ4v) is 2.25. The van der Waals surface area contributed by atoms with E-state index in [0.29, 0.717) is 25.3 Å². The number of nitrogens with zero attached hydrogens (tertiary/aromatic N) is 2. The fourth-order valence-electron chi connectivity index (χ4n) is 2.25. The molecule has 0 aliphatic carbocycles. The number of rotatable bonds is 3. The van der Waals surface area contributed by atoms with Crippen molar-refractivity contribution in [2.75, 3.05) is 19.7 Å². The second-order valence-electron chi connectivity index (χ2n) is 4.68. The number of esters is 1. The maximum absolute atomic E-state index is 12.2. The highest BCUT2D eigenvalue weighted by molar-refractivity contribution is 5.93. The number of amides is 1. The summed E-state index contributed by atoms with van der Waals surface area (Å²) in [6.45, 7) is 4.94. The van der Waals surface area contributed by atoms with Gasteiger partial charge in [-0.2, -0.15) is 0 Å². The van der Waals surface area contributed by atoms with Crippen molar-refractivity contribution in [3.05, 3.63) is 17.5 Å². The zero-order chi connectivity index (χ0) is 13.8. The van der Waals surface area contributed by atoms with Gasteiger partial charge in [-0.15, -0.1) is 0 Å². The number of aromatic nitrogens is 1. The van der Waals surface area contributed by atoms with Gasteiger partial charge in [-0.05, 0) is 26.7 Å². The van der Waals surface area contributed by atoms with E-state index < -0.39 is 0 Å². The summed E-state index contributed by atoms with van der Waals surface area (Å²) in [6.07, 6.45) is 3.07. The second kappa shape index (κ2) is 5.86. The van der Waals surface area contributed by atoms with Crippen LogP contribution in [0, 0.1) is 12.8 Å². The number of hydrogen-bond donors (Lipinski definition) is 0. The summed E-state index contributed by atoms with van der Waals surface area (Å²) >= 11 is 0. The van der Waals surface area contributed by atoms with Gasteiger partial charge in [0.15, 0.2) is 0 Å². The molecule has 0 bridgehead atoms. The van der Waals surface area contributed by atoms with Gasteiger partial charge in [-0.1, -0.05) is 5.16 Å². The monoisotopic (exact) mass is 266 g/mol. The lowest BCUT2D eigenvalue weighted by Gasteiger charge is -2.30. The molecule has 1 aliphatic heterocycles. The van der Waals surface area contributed by atoms with E-state index in [1.807, 2.05) is 0 Å². The molecule has 1 aromatic heterocycles. The van der Waals surface area contributed by atoms with Crippen LogP contribution in [0.15, 0.2) is 10.7 Å². The Labute approximate surface area is 111 Å². The van der Waals surface area contributed by atoms with Crippen LogP contribution in [0.4, 0.5) is 0 Å². The number of hydrogen-bond acceptors (Lipinski definition) is 5. The van der Waals surface area contributed by atoms with Crippen LogP contribution in [0.1, 0.15) is 35.9 Å². The highest BCUT2D eigenvalue weighted by Crippen LogP contribution is 2.20.